The number of hydrogen-bond donors (Lipinski definition) is 2. The van der Waals surface area contributed by atoms with E-state index in [0.717, 1.165) is 10.6 Å². The van der Waals surface area contributed by atoms with Crippen molar-refractivity contribution in [1.29, 1.82) is 0 Å². The molecule has 0 spiro atoms. The van der Waals surface area contributed by atoms with Gasteiger partial charge in [0.2, 0.25) is 0 Å². The molecule has 0 radical (unpaired) electrons. The van der Waals surface area contributed by atoms with Crippen molar-refractivity contribution in [2.45, 2.75) is 19.9 Å². The Labute approximate surface area is 95.8 Å². The van der Waals surface area contributed by atoms with E-state index in [1.54, 1.807) is 19.2 Å². The molecule has 2 N–H and O–H groups in total. The van der Waals surface area contributed by atoms with Crippen LogP contribution in [0.1, 0.15) is 22.8 Å². The molecule has 0 saturated heterocycles. The second-order valence-electron chi connectivity index (χ2n) is 4.00. The van der Waals surface area contributed by atoms with Gasteiger partial charge >= 0.3 is 0 Å². The number of rotatable bonds is 4. The van der Waals surface area contributed by atoms with Crippen LogP contribution in [0.3, 0.4) is 0 Å². The zero-order valence-corrected chi connectivity index (χ0v) is 9.90. The van der Waals surface area contributed by atoms with E-state index in [4.69, 9.17) is 5.21 Å². The van der Waals surface area contributed by atoms with E-state index >= 15 is 0 Å². The number of benzene rings is 1. The van der Waals surface area contributed by atoms with Crippen LogP contribution in [0.15, 0.2) is 24.3 Å². The molecule has 1 atom stereocenters. The van der Waals surface area contributed by atoms with Gasteiger partial charge in [-0.15, -0.1) is 0 Å². The number of hydroxylamine groups is 2. The van der Waals surface area contributed by atoms with E-state index in [-0.39, 0.29) is 11.9 Å². The van der Waals surface area contributed by atoms with Crippen molar-refractivity contribution < 1.29 is 10.0 Å². The Bertz CT molecular complexity index is 347. The van der Waals surface area contributed by atoms with Crippen molar-refractivity contribution in [3.63, 3.8) is 0 Å². The lowest BCUT2D eigenvalue weighted by atomic mass is 10.1. The van der Waals surface area contributed by atoms with Gasteiger partial charge in [0, 0.05) is 25.2 Å². The van der Waals surface area contributed by atoms with Crippen LogP contribution in [0.2, 0.25) is 0 Å². The fourth-order valence-electron chi connectivity index (χ4n) is 1.18. The molecular formula is C12H18N2O2. The zero-order valence-electron chi connectivity index (χ0n) is 9.90. The predicted molar refractivity (Wildman–Crippen MR) is 62.5 cm³/mol. The van der Waals surface area contributed by atoms with Crippen molar-refractivity contribution >= 4 is 5.91 Å². The average molecular weight is 222 g/mol. The minimum absolute atomic E-state index is 0.102. The Morgan fingerprint density at radius 2 is 2.00 bits per heavy atom. The number of nitrogens with zero attached hydrogens (tertiary/aromatic N) is 1. The summed E-state index contributed by atoms with van der Waals surface area (Å²) in [6, 6.07) is 7.28. The van der Waals surface area contributed by atoms with E-state index in [1.807, 2.05) is 26.0 Å². The van der Waals surface area contributed by atoms with Crippen molar-refractivity contribution in [1.82, 2.24) is 10.4 Å². The highest BCUT2D eigenvalue weighted by molar-refractivity contribution is 5.94. The fourth-order valence-corrected chi connectivity index (χ4v) is 1.18. The molecule has 16 heavy (non-hydrogen) atoms. The van der Waals surface area contributed by atoms with Crippen LogP contribution in [-0.4, -0.2) is 35.8 Å². The van der Waals surface area contributed by atoms with Gasteiger partial charge in [-0.25, -0.2) is 0 Å². The number of carbonyl (C=O) groups excluding carboxylic acids is 1. The normalized spacial score (nSPS) is 12.6. The first-order valence-corrected chi connectivity index (χ1v) is 5.27. The van der Waals surface area contributed by atoms with Crippen LogP contribution in [0.5, 0.6) is 0 Å². The Hall–Kier alpha value is -1.39. The fraction of sp³-hybridized carbons (Fsp3) is 0.417. The maximum absolute atomic E-state index is 11.7. The molecule has 0 aliphatic carbocycles. The third-order valence-electron chi connectivity index (χ3n) is 2.51. The molecule has 1 aromatic carbocycles. The van der Waals surface area contributed by atoms with Gasteiger partial charge in [0.05, 0.1) is 0 Å². The third kappa shape index (κ3) is 3.64. The monoisotopic (exact) mass is 222 g/mol. The van der Waals surface area contributed by atoms with Gasteiger partial charge in [-0.05, 0) is 26.0 Å². The van der Waals surface area contributed by atoms with Gasteiger partial charge in [-0.3, -0.25) is 4.79 Å². The summed E-state index contributed by atoms with van der Waals surface area (Å²) in [4.78, 5) is 11.7. The van der Waals surface area contributed by atoms with E-state index in [2.05, 4.69) is 5.32 Å². The first-order valence-electron chi connectivity index (χ1n) is 5.27. The molecule has 4 heteroatoms. The van der Waals surface area contributed by atoms with Crippen LogP contribution in [0.4, 0.5) is 0 Å². The predicted octanol–water partition coefficient (Wildman–Crippen LogP) is 1.43. The summed E-state index contributed by atoms with van der Waals surface area (Å²) in [6.07, 6.45) is 0. The summed E-state index contributed by atoms with van der Waals surface area (Å²) in [5.41, 5.74) is 1.76. The van der Waals surface area contributed by atoms with Crippen LogP contribution in [0, 0.1) is 6.92 Å². The number of aryl methyl sites for hydroxylation is 1. The highest BCUT2D eigenvalue weighted by Gasteiger charge is 2.09. The maximum atomic E-state index is 11.7. The van der Waals surface area contributed by atoms with Gasteiger partial charge in [0.15, 0.2) is 0 Å². The van der Waals surface area contributed by atoms with Crippen LogP contribution >= 0.6 is 0 Å². The van der Waals surface area contributed by atoms with Gasteiger partial charge < -0.3 is 10.5 Å². The van der Waals surface area contributed by atoms with E-state index in [9.17, 15) is 4.79 Å². The number of hydrogen-bond acceptors (Lipinski definition) is 3. The lowest BCUT2D eigenvalue weighted by molar-refractivity contribution is -0.0950. The SMILES string of the molecule is Cc1ccc(C(=O)NCC(C)N(C)O)cc1. The topological polar surface area (TPSA) is 52.6 Å². The Balaban J connectivity index is 2.50. The maximum Gasteiger partial charge on any atom is 0.251 e. The molecule has 4 nitrogen and oxygen atoms in total. The standard InChI is InChI=1S/C12H18N2O2/c1-9-4-6-11(7-5-9)12(15)13-8-10(2)14(3)16/h4-7,10,16H,8H2,1-3H3,(H,13,15). The van der Waals surface area contributed by atoms with E-state index in [0.29, 0.717) is 12.1 Å². The quantitative estimate of drug-likeness (QED) is 0.758. The molecule has 0 bridgehead atoms. The molecule has 88 valence electrons. The second-order valence-corrected chi connectivity index (χ2v) is 4.00. The van der Waals surface area contributed by atoms with Crippen LogP contribution < -0.4 is 5.32 Å². The highest BCUT2D eigenvalue weighted by atomic mass is 16.5. The van der Waals surface area contributed by atoms with E-state index in [1.165, 1.54) is 0 Å². The molecule has 1 rings (SSSR count). The van der Waals surface area contributed by atoms with Crippen molar-refractivity contribution in [2.24, 2.45) is 0 Å². The molecule has 1 amide bonds. The van der Waals surface area contributed by atoms with Gasteiger partial charge in [0.1, 0.15) is 0 Å². The summed E-state index contributed by atoms with van der Waals surface area (Å²) >= 11 is 0. The average Bonchev–Trinajstić information content (AvgIpc) is 2.26. The Morgan fingerprint density at radius 1 is 1.44 bits per heavy atom. The van der Waals surface area contributed by atoms with Gasteiger partial charge in [-0.2, -0.15) is 5.06 Å². The molecule has 0 aliphatic rings. The molecular weight excluding hydrogens is 204 g/mol. The first-order chi connectivity index (χ1) is 7.50. The van der Waals surface area contributed by atoms with Crippen molar-refractivity contribution in [3.8, 4) is 0 Å². The minimum atomic E-state index is -0.117. The molecule has 0 saturated carbocycles. The summed E-state index contributed by atoms with van der Waals surface area (Å²) in [5, 5.41) is 13.0. The molecule has 0 heterocycles. The summed E-state index contributed by atoms with van der Waals surface area (Å²) < 4.78 is 0. The van der Waals surface area contributed by atoms with E-state index < -0.39 is 0 Å². The number of nitrogens with one attached hydrogen (secondary N) is 1. The Morgan fingerprint density at radius 3 is 2.50 bits per heavy atom. The molecule has 1 aromatic rings. The second kappa shape index (κ2) is 5.63. The number of likely N-dealkylation sites (N-methyl/N-ethyl adjacent to an activating group) is 1. The minimum Gasteiger partial charge on any atom is -0.350 e. The molecule has 0 aromatic heterocycles. The van der Waals surface area contributed by atoms with Crippen molar-refractivity contribution in [3.05, 3.63) is 35.4 Å². The van der Waals surface area contributed by atoms with Crippen LogP contribution in [0.25, 0.3) is 0 Å². The van der Waals surface area contributed by atoms with Gasteiger partial charge in [0.25, 0.3) is 5.91 Å². The number of carbonyl (C=O) groups is 1. The van der Waals surface area contributed by atoms with Gasteiger partial charge in [-0.1, -0.05) is 17.7 Å². The summed E-state index contributed by atoms with van der Waals surface area (Å²) in [7, 11) is 1.56. The van der Waals surface area contributed by atoms with Crippen molar-refractivity contribution in [2.75, 3.05) is 13.6 Å². The zero-order chi connectivity index (χ0) is 12.1. The summed E-state index contributed by atoms with van der Waals surface area (Å²) in [6.45, 7) is 4.22. The molecule has 0 aliphatic heterocycles. The lowest BCUT2D eigenvalue weighted by Gasteiger charge is -2.18. The smallest absolute Gasteiger partial charge is 0.251 e. The lowest BCUT2D eigenvalue weighted by Crippen LogP contribution is -2.38. The molecule has 1 unspecified atom stereocenters. The summed E-state index contributed by atoms with van der Waals surface area (Å²) in [5.74, 6) is -0.117. The third-order valence-corrected chi connectivity index (χ3v) is 2.51. The largest absolute Gasteiger partial charge is 0.350 e. The first kappa shape index (κ1) is 12.7. The number of amides is 1. The van der Waals surface area contributed by atoms with Crippen LogP contribution in [-0.2, 0) is 0 Å². The Kier molecular flexibility index (Phi) is 4.46. The molecule has 0 fully saturated rings. The highest BCUT2D eigenvalue weighted by Crippen LogP contribution is 2.02.